The number of para-hydroxylation sites is 2. The predicted octanol–water partition coefficient (Wildman–Crippen LogP) is 13.1. The Morgan fingerprint density at radius 2 is 1.01 bits per heavy atom. The summed E-state index contributed by atoms with van der Waals surface area (Å²) in [4.78, 5) is 98.7. The zero-order valence-corrected chi connectivity index (χ0v) is 62.9. The number of anilines is 4. The van der Waals surface area contributed by atoms with Gasteiger partial charge in [-0.05, 0) is 182 Å². The molecule has 13 rings (SSSR count). The highest BCUT2D eigenvalue weighted by atomic mass is 79.9. The molecule has 9 heterocycles. The van der Waals surface area contributed by atoms with Crippen LogP contribution in [0.2, 0.25) is 5.02 Å². The standard InChI is InChI=1S/C29H25N7O2.C22H17ClN6O.C13H20BNO3.C7H8BrNO.C5H4BrNO/c1-17-13-20(16-35(4)27(17)37)22-12-8-9-19-14-24(18(2)33-26-23(31-3)15-32-29(30)34-26)36(28(38)25(19)22)21-10-6-5-7-11-21;1-13(27-20-17(25-2)12-26-22(24)28-20)18-11-14-7-6-10-16(23)19(14)21(30)29(18)15-8-4-3-5-9-15;1-9-7-10(8-15(6)11(9)16)14-17-12(2,3)13(4,5)18-14;1-5-3-6(8)4-9(2)7(5)10;6-4-1-2-5(8)7-3-4/h5-16,18H,1-2,4H3,(H3,30,32,33,34);3-13H,1H3,(H3,24,26,27,28);7-8H,1-6H3;3-4H,1-2H3;1-3H,(H,7,8)/t18-;13-;;;/m00.../s1. The fourth-order valence-corrected chi connectivity index (χ4v) is 12.4. The van der Waals surface area contributed by atoms with E-state index in [0.717, 1.165) is 41.9 Å². The van der Waals surface area contributed by atoms with E-state index in [0.29, 0.717) is 61.3 Å². The van der Waals surface area contributed by atoms with Crippen molar-refractivity contribution >= 4 is 112 Å². The molecular weight excluding hydrogens is 1470 g/mol. The van der Waals surface area contributed by atoms with E-state index in [1.54, 1.807) is 103 Å². The van der Waals surface area contributed by atoms with Gasteiger partial charge in [0.15, 0.2) is 0 Å². The number of aromatic amines is 1. The van der Waals surface area contributed by atoms with Gasteiger partial charge in [0.25, 0.3) is 27.8 Å². The molecule has 7 N–H and O–H groups in total. The second kappa shape index (κ2) is 32.8. The summed E-state index contributed by atoms with van der Waals surface area (Å²) >= 11 is 12.8. The fraction of sp³-hybridized carbons (Fsp3) is 0.211. The minimum atomic E-state index is -0.425. The summed E-state index contributed by atoms with van der Waals surface area (Å²) in [5.74, 6) is 0.705. The lowest BCUT2D eigenvalue weighted by atomic mass is 9.80. The Morgan fingerprint density at radius 3 is 1.46 bits per heavy atom. The van der Waals surface area contributed by atoms with Gasteiger partial charge < -0.3 is 50.1 Å². The van der Waals surface area contributed by atoms with Gasteiger partial charge in [0, 0.05) is 113 Å². The summed E-state index contributed by atoms with van der Waals surface area (Å²) in [7, 11) is 4.76. The predicted molar refractivity (Wildman–Crippen MR) is 420 cm³/mol. The van der Waals surface area contributed by atoms with E-state index < -0.39 is 13.2 Å². The van der Waals surface area contributed by atoms with Crippen LogP contribution in [0.4, 0.5) is 34.9 Å². The van der Waals surface area contributed by atoms with Gasteiger partial charge in [-0.15, -0.1) is 0 Å². The maximum Gasteiger partial charge on any atom is 0.496 e. The lowest BCUT2D eigenvalue weighted by molar-refractivity contribution is 0.00578. The van der Waals surface area contributed by atoms with Crippen molar-refractivity contribution in [2.24, 2.45) is 21.1 Å². The smallest absolute Gasteiger partial charge is 0.399 e. The van der Waals surface area contributed by atoms with Crippen LogP contribution in [0.5, 0.6) is 0 Å². The summed E-state index contributed by atoms with van der Waals surface area (Å²) in [6.45, 7) is 32.0. The number of hydrogen-bond donors (Lipinski definition) is 5. The van der Waals surface area contributed by atoms with E-state index in [1.165, 1.54) is 23.0 Å². The molecule has 0 radical (unpaired) electrons. The van der Waals surface area contributed by atoms with Gasteiger partial charge in [-0.1, -0.05) is 84.4 Å². The number of H-pyrrole nitrogens is 1. The molecule has 1 saturated heterocycles. The fourth-order valence-electron chi connectivity index (χ4n) is 11.3. The molecule has 0 saturated carbocycles. The van der Waals surface area contributed by atoms with Crippen molar-refractivity contribution in [1.29, 1.82) is 0 Å². The van der Waals surface area contributed by atoms with Gasteiger partial charge >= 0.3 is 7.12 Å². The molecule has 0 amide bonds. The highest BCUT2D eigenvalue weighted by molar-refractivity contribution is 9.10. The molecular formula is C76H74BBr2ClN16O8. The summed E-state index contributed by atoms with van der Waals surface area (Å²) in [5.41, 5.74) is 17.9. The molecule has 1 fully saturated rings. The van der Waals surface area contributed by atoms with E-state index in [-0.39, 0.29) is 73.9 Å². The number of halogens is 3. The Bertz CT molecular complexity index is 5580. The van der Waals surface area contributed by atoms with Crippen molar-refractivity contribution in [3.63, 3.8) is 0 Å². The number of pyridine rings is 6. The second-order valence-electron chi connectivity index (χ2n) is 25.4. The molecule has 530 valence electrons. The minimum Gasteiger partial charge on any atom is -0.399 e. The van der Waals surface area contributed by atoms with Crippen molar-refractivity contribution in [2.45, 2.75) is 85.6 Å². The molecule has 28 heteroatoms. The maximum absolute atomic E-state index is 14.3. The molecule has 1 aliphatic heterocycles. The molecule has 0 spiro atoms. The highest BCUT2D eigenvalue weighted by Crippen LogP contribution is 2.37. The Labute approximate surface area is 620 Å². The van der Waals surface area contributed by atoms with Crippen LogP contribution in [0.15, 0.2) is 214 Å². The first-order valence-electron chi connectivity index (χ1n) is 32.4. The molecule has 8 aromatic heterocycles. The van der Waals surface area contributed by atoms with Crippen molar-refractivity contribution in [1.82, 2.24) is 47.8 Å². The van der Waals surface area contributed by atoms with Crippen LogP contribution >= 0.6 is 43.5 Å². The monoisotopic (exact) mass is 1540 g/mol. The van der Waals surface area contributed by atoms with Crippen LogP contribution in [-0.4, -0.2) is 66.1 Å². The number of benzene rings is 4. The van der Waals surface area contributed by atoms with Gasteiger partial charge in [0.05, 0.1) is 52.2 Å². The van der Waals surface area contributed by atoms with Crippen molar-refractivity contribution in [3.8, 4) is 22.5 Å². The summed E-state index contributed by atoms with van der Waals surface area (Å²) in [6, 6.07) is 41.4. The number of hydrogen-bond acceptors (Lipinski definition) is 16. The van der Waals surface area contributed by atoms with E-state index in [9.17, 15) is 28.8 Å². The third-order valence-corrected chi connectivity index (χ3v) is 18.4. The molecule has 0 aliphatic carbocycles. The highest BCUT2D eigenvalue weighted by Gasteiger charge is 2.52. The first kappa shape index (κ1) is 76.8. The first-order valence-corrected chi connectivity index (χ1v) is 34.3. The molecule has 2 atom stereocenters. The van der Waals surface area contributed by atoms with E-state index >= 15 is 0 Å². The molecule has 24 nitrogen and oxygen atoms in total. The zero-order valence-electron chi connectivity index (χ0n) is 58.9. The number of aryl methyl sites for hydroxylation is 6. The summed E-state index contributed by atoms with van der Waals surface area (Å²) < 4.78 is 21.7. The van der Waals surface area contributed by atoms with Gasteiger partial charge in [-0.2, -0.15) is 0 Å². The number of nitrogens with zero attached hydrogens (tertiary/aromatic N) is 11. The zero-order chi connectivity index (χ0) is 75.6. The van der Waals surface area contributed by atoms with Crippen LogP contribution in [0, 0.1) is 33.9 Å². The van der Waals surface area contributed by atoms with Gasteiger partial charge in [0.1, 0.15) is 11.6 Å². The molecule has 12 aromatic rings. The molecule has 104 heavy (non-hydrogen) atoms. The Kier molecular flexibility index (Phi) is 24.2. The number of nitrogens with two attached hydrogens (primary N) is 2. The van der Waals surface area contributed by atoms with Crippen LogP contribution in [0.25, 0.3) is 53.7 Å². The van der Waals surface area contributed by atoms with E-state index in [2.05, 4.69) is 77.1 Å². The number of nitrogens with one attached hydrogen (secondary N) is 3. The summed E-state index contributed by atoms with van der Waals surface area (Å²) in [6.07, 6.45) is 9.61. The number of rotatable bonds is 10. The average molecular weight is 1550 g/mol. The lowest BCUT2D eigenvalue weighted by Gasteiger charge is -2.32. The maximum atomic E-state index is 14.3. The van der Waals surface area contributed by atoms with E-state index in [1.807, 2.05) is 157 Å². The third-order valence-electron chi connectivity index (χ3n) is 17.2. The number of aromatic nitrogens is 10. The SMILES string of the molecule is Cc1cc(B2OC(C)(C)C(C)(C)O2)cn(C)c1=O.Cc1cc(Br)cn(C)c1=O.O=c1ccc(Br)c[nH]1.[C-]#[N+]c1cnc(N)nc1N[C@@H](C)c1cc2cccc(-c3cc(C)c(=O)n(C)c3)c2c(=O)n1-c1ccccc1.[C-]#[N+]c1cnc(N)nc1N[C@@H](C)c1cc2cccc(Cl)c2c(=O)n1-c1ccccc1. The molecule has 1 aliphatic rings. The topological polar surface area (TPSA) is 298 Å². The minimum absolute atomic E-state index is 0.00951. The van der Waals surface area contributed by atoms with Crippen molar-refractivity contribution < 1.29 is 9.31 Å². The third kappa shape index (κ3) is 17.6. The van der Waals surface area contributed by atoms with Crippen LogP contribution < -0.4 is 60.9 Å². The van der Waals surface area contributed by atoms with Gasteiger partial charge in [-0.3, -0.25) is 37.9 Å². The van der Waals surface area contributed by atoms with E-state index in [4.69, 9.17) is 45.5 Å². The van der Waals surface area contributed by atoms with Gasteiger partial charge in [-0.25, -0.2) is 29.6 Å². The normalized spacial score (nSPS) is 13.0. The van der Waals surface area contributed by atoms with Gasteiger partial charge in [0.2, 0.25) is 28.8 Å². The van der Waals surface area contributed by atoms with Crippen molar-refractivity contribution in [2.75, 3.05) is 22.1 Å². The lowest BCUT2D eigenvalue weighted by Crippen LogP contribution is -2.41. The van der Waals surface area contributed by atoms with Crippen LogP contribution in [0.3, 0.4) is 0 Å². The number of fused-ring (bicyclic) bond motifs is 2. The average Bonchev–Trinajstić information content (AvgIpc) is 1.13. The quantitative estimate of drug-likeness (QED) is 0.0628. The second-order valence-corrected chi connectivity index (χ2v) is 27.6. The number of nitrogen functional groups attached to an aromatic ring is 2. The van der Waals surface area contributed by atoms with Crippen LogP contribution in [-0.2, 0) is 30.5 Å². The summed E-state index contributed by atoms with van der Waals surface area (Å²) in [5, 5.41) is 9.32. The first-order chi connectivity index (χ1) is 49.3. The molecule has 0 bridgehead atoms. The molecule has 0 unspecified atom stereocenters. The Morgan fingerprint density at radius 1 is 0.558 bits per heavy atom. The molecule has 4 aromatic carbocycles. The van der Waals surface area contributed by atoms with Crippen molar-refractivity contribution in [3.05, 3.63) is 304 Å². The van der Waals surface area contributed by atoms with Crippen LogP contribution in [0.1, 0.15) is 81.7 Å². The Hall–Kier alpha value is -11.3. The largest absolute Gasteiger partial charge is 0.496 e. The Balaban J connectivity index is 0.000000167.